The zero-order chi connectivity index (χ0) is 12.3. The van der Waals surface area contributed by atoms with E-state index in [0.29, 0.717) is 17.4 Å². The standard InChI is InChI=1S/C10H12N6O/c1-6-7(3-2-4-13-6)17-9-5-8(16-12)14-10(11)15-9/h2-5H,12H2,1H3,(H3,11,14,15,16). The number of nitrogens with one attached hydrogen (secondary N) is 1. The Balaban J connectivity index is 2.30. The molecule has 0 unspecified atom stereocenters. The van der Waals surface area contributed by atoms with Crippen LogP contribution < -0.4 is 21.7 Å². The zero-order valence-electron chi connectivity index (χ0n) is 9.21. The number of hydrogen-bond acceptors (Lipinski definition) is 7. The average molecular weight is 232 g/mol. The Kier molecular flexibility index (Phi) is 3.01. The molecule has 0 aromatic carbocycles. The summed E-state index contributed by atoms with van der Waals surface area (Å²) in [5, 5.41) is 0. The summed E-state index contributed by atoms with van der Waals surface area (Å²) in [4.78, 5) is 11.9. The van der Waals surface area contributed by atoms with E-state index in [1.54, 1.807) is 24.4 Å². The van der Waals surface area contributed by atoms with Crippen LogP contribution in [0.15, 0.2) is 24.4 Å². The molecule has 0 saturated carbocycles. The summed E-state index contributed by atoms with van der Waals surface area (Å²) in [5.41, 5.74) is 8.65. The Hall–Kier alpha value is -2.41. The minimum atomic E-state index is 0.0805. The Labute approximate surface area is 97.8 Å². The van der Waals surface area contributed by atoms with E-state index in [9.17, 15) is 0 Å². The first-order valence-electron chi connectivity index (χ1n) is 4.89. The molecule has 0 bridgehead atoms. The molecule has 2 aromatic rings. The van der Waals surface area contributed by atoms with Crippen molar-refractivity contribution in [3.05, 3.63) is 30.1 Å². The van der Waals surface area contributed by atoms with Crippen molar-refractivity contribution in [3.63, 3.8) is 0 Å². The predicted molar refractivity (Wildman–Crippen MR) is 63.3 cm³/mol. The first-order chi connectivity index (χ1) is 8.19. The molecule has 0 aliphatic heterocycles. The fourth-order valence-corrected chi connectivity index (χ4v) is 1.26. The lowest BCUT2D eigenvalue weighted by atomic mass is 10.3. The third-order valence-corrected chi connectivity index (χ3v) is 2.04. The molecule has 0 atom stereocenters. The number of anilines is 2. The molecule has 88 valence electrons. The number of aromatic nitrogens is 3. The van der Waals surface area contributed by atoms with Crippen LogP contribution in [-0.2, 0) is 0 Å². The lowest BCUT2D eigenvalue weighted by molar-refractivity contribution is 0.456. The van der Waals surface area contributed by atoms with E-state index < -0.39 is 0 Å². The highest BCUT2D eigenvalue weighted by atomic mass is 16.5. The molecule has 0 saturated heterocycles. The van der Waals surface area contributed by atoms with Crippen LogP contribution >= 0.6 is 0 Å². The first kappa shape index (κ1) is 11.1. The van der Waals surface area contributed by atoms with E-state index in [1.165, 1.54) is 0 Å². The summed E-state index contributed by atoms with van der Waals surface area (Å²) in [6.45, 7) is 1.84. The van der Waals surface area contributed by atoms with Gasteiger partial charge < -0.3 is 15.9 Å². The molecule has 2 aromatic heterocycles. The minimum absolute atomic E-state index is 0.0805. The van der Waals surface area contributed by atoms with Gasteiger partial charge >= 0.3 is 0 Å². The van der Waals surface area contributed by atoms with Gasteiger partial charge in [-0.05, 0) is 19.1 Å². The van der Waals surface area contributed by atoms with Crippen molar-refractivity contribution < 1.29 is 4.74 Å². The van der Waals surface area contributed by atoms with Gasteiger partial charge in [-0.25, -0.2) is 5.84 Å². The third-order valence-electron chi connectivity index (χ3n) is 2.04. The lowest BCUT2D eigenvalue weighted by Crippen LogP contribution is -2.10. The number of aryl methyl sites for hydroxylation is 1. The van der Waals surface area contributed by atoms with Crippen LogP contribution in [0, 0.1) is 6.92 Å². The smallest absolute Gasteiger partial charge is 0.226 e. The fraction of sp³-hybridized carbons (Fsp3) is 0.100. The summed E-state index contributed by atoms with van der Waals surface area (Å²) < 4.78 is 5.54. The van der Waals surface area contributed by atoms with Gasteiger partial charge in [0.2, 0.25) is 11.8 Å². The van der Waals surface area contributed by atoms with Crippen LogP contribution in [0.3, 0.4) is 0 Å². The van der Waals surface area contributed by atoms with Crippen LogP contribution in [0.5, 0.6) is 11.6 Å². The van der Waals surface area contributed by atoms with E-state index >= 15 is 0 Å². The molecule has 0 amide bonds. The van der Waals surface area contributed by atoms with Crippen LogP contribution in [0.2, 0.25) is 0 Å². The molecule has 0 radical (unpaired) electrons. The number of hydrogen-bond donors (Lipinski definition) is 3. The summed E-state index contributed by atoms with van der Waals surface area (Å²) >= 11 is 0. The van der Waals surface area contributed by atoms with E-state index in [-0.39, 0.29) is 5.95 Å². The molecule has 7 nitrogen and oxygen atoms in total. The quantitative estimate of drug-likeness (QED) is 0.531. The van der Waals surface area contributed by atoms with Gasteiger partial charge in [0.05, 0.1) is 5.69 Å². The predicted octanol–water partition coefficient (Wildman–Crippen LogP) is 0.840. The number of nitrogens with two attached hydrogens (primary N) is 2. The molecule has 0 aliphatic rings. The lowest BCUT2D eigenvalue weighted by Gasteiger charge is -2.08. The monoisotopic (exact) mass is 232 g/mol. The highest BCUT2D eigenvalue weighted by molar-refractivity contribution is 5.43. The van der Waals surface area contributed by atoms with Crippen molar-refractivity contribution in [1.29, 1.82) is 0 Å². The Bertz CT molecular complexity index is 530. The van der Waals surface area contributed by atoms with Crippen LogP contribution in [0.25, 0.3) is 0 Å². The van der Waals surface area contributed by atoms with Crippen molar-refractivity contribution in [2.24, 2.45) is 5.84 Å². The van der Waals surface area contributed by atoms with Gasteiger partial charge in [0.25, 0.3) is 0 Å². The number of nitrogen functional groups attached to an aromatic ring is 2. The number of hydrazine groups is 1. The topological polar surface area (TPSA) is 112 Å². The van der Waals surface area contributed by atoms with Gasteiger partial charge in [-0.1, -0.05) is 0 Å². The summed E-state index contributed by atoms with van der Waals surface area (Å²) in [5.74, 6) is 6.62. The molecule has 17 heavy (non-hydrogen) atoms. The molecule has 0 fully saturated rings. The van der Waals surface area contributed by atoms with E-state index in [0.717, 1.165) is 5.69 Å². The Morgan fingerprint density at radius 3 is 2.88 bits per heavy atom. The van der Waals surface area contributed by atoms with Gasteiger partial charge in [0, 0.05) is 12.3 Å². The Morgan fingerprint density at radius 2 is 2.18 bits per heavy atom. The second kappa shape index (κ2) is 4.62. The number of ether oxygens (including phenoxy) is 1. The maximum absolute atomic E-state index is 5.54. The average Bonchev–Trinajstić information content (AvgIpc) is 2.31. The molecular weight excluding hydrogens is 220 g/mol. The highest BCUT2D eigenvalue weighted by Gasteiger charge is 2.06. The number of nitrogens with zero attached hydrogens (tertiary/aromatic N) is 3. The van der Waals surface area contributed by atoms with Crippen molar-refractivity contribution in [1.82, 2.24) is 15.0 Å². The van der Waals surface area contributed by atoms with Gasteiger partial charge in [0.1, 0.15) is 5.82 Å². The minimum Gasteiger partial charge on any atom is -0.437 e. The zero-order valence-corrected chi connectivity index (χ0v) is 9.21. The van der Waals surface area contributed by atoms with Gasteiger partial charge in [-0.15, -0.1) is 0 Å². The second-order valence-electron chi connectivity index (χ2n) is 3.28. The molecule has 5 N–H and O–H groups in total. The molecule has 0 aliphatic carbocycles. The van der Waals surface area contributed by atoms with Crippen LogP contribution in [0.1, 0.15) is 5.69 Å². The molecule has 2 heterocycles. The normalized spacial score (nSPS) is 10.0. The SMILES string of the molecule is Cc1ncccc1Oc1cc(NN)nc(N)n1. The maximum Gasteiger partial charge on any atom is 0.226 e. The van der Waals surface area contributed by atoms with Crippen molar-refractivity contribution in [2.75, 3.05) is 11.2 Å². The maximum atomic E-state index is 5.54. The fourth-order valence-electron chi connectivity index (χ4n) is 1.26. The molecule has 2 rings (SSSR count). The largest absolute Gasteiger partial charge is 0.437 e. The Morgan fingerprint density at radius 1 is 1.35 bits per heavy atom. The number of rotatable bonds is 3. The van der Waals surface area contributed by atoms with E-state index in [2.05, 4.69) is 20.4 Å². The van der Waals surface area contributed by atoms with E-state index in [4.69, 9.17) is 16.3 Å². The summed E-state index contributed by atoms with van der Waals surface area (Å²) in [6, 6.07) is 5.11. The van der Waals surface area contributed by atoms with Crippen molar-refractivity contribution >= 4 is 11.8 Å². The first-order valence-corrected chi connectivity index (χ1v) is 4.89. The van der Waals surface area contributed by atoms with Crippen molar-refractivity contribution in [3.8, 4) is 11.6 Å². The number of pyridine rings is 1. The van der Waals surface area contributed by atoms with Gasteiger partial charge in [-0.3, -0.25) is 4.98 Å². The van der Waals surface area contributed by atoms with Gasteiger partial charge in [-0.2, -0.15) is 9.97 Å². The highest BCUT2D eigenvalue weighted by Crippen LogP contribution is 2.23. The molecule has 7 heteroatoms. The molecular formula is C10H12N6O. The van der Waals surface area contributed by atoms with Crippen molar-refractivity contribution in [2.45, 2.75) is 6.92 Å². The summed E-state index contributed by atoms with van der Waals surface area (Å²) in [7, 11) is 0. The third kappa shape index (κ3) is 2.58. The van der Waals surface area contributed by atoms with Crippen LogP contribution in [0.4, 0.5) is 11.8 Å². The molecule has 0 spiro atoms. The second-order valence-corrected chi connectivity index (χ2v) is 3.28. The summed E-state index contributed by atoms with van der Waals surface area (Å²) in [6.07, 6.45) is 1.68. The van der Waals surface area contributed by atoms with Gasteiger partial charge in [0.15, 0.2) is 5.75 Å². The van der Waals surface area contributed by atoms with Crippen LogP contribution in [-0.4, -0.2) is 15.0 Å². The van der Waals surface area contributed by atoms with E-state index in [1.807, 2.05) is 6.92 Å².